The van der Waals surface area contributed by atoms with Gasteiger partial charge >= 0.3 is 0 Å². The van der Waals surface area contributed by atoms with Crippen LogP contribution < -0.4 is 5.32 Å². The van der Waals surface area contributed by atoms with E-state index < -0.39 is 0 Å². The summed E-state index contributed by atoms with van der Waals surface area (Å²) < 4.78 is 0.238. The Bertz CT molecular complexity index is 464. The molecule has 0 saturated carbocycles. The number of hydrogen-bond acceptors (Lipinski definition) is 5. The molecule has 0 aromatic carbocycles. The van der Waals surface area contributed by atoms with E-state index in [1.165, 1.54) is 0 Å². The Hall–Kier alpha value is -1.21. The second-order valence-corrected chi connectivity index (χ2v) is 5.74. The molecule has 1 aromatic rings. The maximum atomic E-state index is 11.8. The van der Waals surface area contributed by atoms with Gasteiger partial charge in [0.15, 0.2) is 0 Å². The fraction of sp³-hybridized carbons (Fsp3) is 0.600. The Morgan fingerprint density at radius 1 is 1.61 bits per heavy atom. The Morgan fingerprint density at radius 2 is 2.39 bits per heavy atom. The van der Waals surface area contributed by atoms with Crippen LogP contribution in [-0.4, -0.2) is 46.0 Å². The lowest BCUT2D eigenvalue weighted by molar-refractivity contribution is -0.127. The number of amides is 2. The Balaban J connectivity index is 1.85. The fourth-order valence-corrected chi connectivity index (χ4v) is 2.59. The van der Waals surface area contributed by atoms with Crippen LogP contribution in [0.25, 0.3) is 0 Å². The standard InChI is InChI=1S/C10H13ClN4O2S/c1-6(5-15-4-2-3-7(15)16)12-8(17)9-13-14-10(11)18-9/h6H,2-5H2,1H3,(H,12,17). The summed E-state index contributed by atoms with van der Waals surface area (Å²) in [5.41, 5.74) is 0. The lowest BCUT2D eigenvalue weighted by atomic mass is 10.3. The third kappa shape index (κ3) is 3.17. The lowest BCUT2D eigenvalue weighted by Gasteiger charge is -2.21. The van der Waals surface area contributed by atoms with E-state index in [9.17, 15) is 9.59 Å². The maximum absolute atomic E-state index is 11.8. The molecular formula is C10H13ClN4O2S. The van der Waals surface area contributed by atoms with Gasteiger partial charge in [0.2, 0.25) is 15.4 Å². The summed E-state index contributed by atoms with van der Waals surface area (Å²) in [6.45, 7) is 3.15. The van der Waals surface area contributed by atoms with Gasteiger partial charge in [-0.15, -0.1) is 10.2 Å². The highest BCUT2D eigenvalue weighted by Gasteiger charge is 2.23. The number of aromatic nitrogens is 2. The van der Waals surface area contributed by atoms with Crippen LogP contribution >= 0.6 is 22.9 Å². The van der Waals surface area contributed by atoms with E-state index in [2.05, 4.69) is 15.5 Å². The van der Waals surface area contributed by atoms with Crippen molar-refractivity contribution in [2.24, 2.45) is 0 Å². The summed E-state index contributed by atoms with van der Waals surface area (Å²) in [5.74, 6) is -0.159. The van der Waals surface area contributed by atoms with Gasteiger partial charge in [-0.2, -0.15) is 0 Å². The first-order valence-electron chi connectivity index (χ1n) is 5.64. The van der Waals surface area contributed by atoms with Gasteiger partial charge in [-0.1, -0.05) is 11.3 Å². The molecule has 0 spiro atoms. The van der Waals surface area contributed by atoms with Crippen LogP contribution in [0.15, 0.2) is 0 Å². The van der Waals surface area contributed by atoms with Crippen LogP contribution in [0.2, 0.25) is 4.47 Å². The minimum atomic E-state index is -0.307. The number of carbonyl (C=O) groups excluding carboxylic acids is 2. The molecule has 1 aromatic heterocycles. The molecule has 1 atom stereocenters. The van der Waals surface area contributed by atoms with E-state index in [-0.39, 0.29) is 27.3 Å². The second-order valence-electron chi connectivity index (χ2n) is 4.18. The van der Waals surface area contributed by atoms with Crippen molar-refractivity contribution < 1.29 is 9.59 Å². The largest absolute Gasteiger partial charge is 0.346 e. The average molecular weight is 289 g/mol. The minimum Gasteiger partial charge on any atom is -0.346 e. The summed E-state index contributed by atoms with van der Waals surface area (Å²) in [6, 6.07) is -0.123. The van der Waals surface area contributed by atoms with Gasteiger partial charge in [-0.05, 0) is 24.9 Å². The predicted molar refractivity (Wildman–Crippen MR) is 67.7 cm³/mol. The van der Waals surface area contributed by atoms with Crippen LogP contribution in [0, 0.1) is 0 Å². The van der Waals surface area contributed by atoms with Gasteiger partial charge in [0.1, 0.15) is 0 Å². The molecule has 2 heterocycles. The molecule has 6 nitrogen and oxygen atoms in total. The molecule has 0 radical (unpaired) electrons. The van der Waals surface area contributed by atoms with Crippen LogP contribution in [0.3, 0.4) is 0 Å². The van der Waals surface area contributed by atoms with Crippen molar-refractivity contribution in [2.45, 2.75) is 25.8 Å². The summed E-state index contributed by atoms with van der Waals surface area (Å²) in [4.78, 5) is 25.0. The number of nitrogens with one attached hydrogen (secondary N) is 1. The van der Waals surface area contributed by atoms with Gasteiger partial charge < -0.3 is 10.2 Å². The van der Waals surface area contributed by atoms with Gasteiger partial charge in [-0.3, -0.25) is 9.59 Å². The molecule has 1 aliphatic rings. The molecule has 2 rings (SSSR count). The Morgan fingerprint density at radius 3 is 2.94 bits per heavy atom. The maximum Gasteiger partial charge on any atom is 0.282 e. The van der Waals surface area contributed by atoms with Gasteiger partial charge in [0.05, 0.1) is 0 Å². The van der Waals surface area contributed by atoms with E-state index in [1.807, 2.05) is 6.92 Å². The molecule has 0 bridgehead atoms. The average Bonchev–Trinajstić information content (AvgIpc) is 2.89. The first kappa shape index (κ1) is 13.2. The Labute approximate surface area is 113 Å². The molecule has 18 heavy (non-hydrogen) atoms. The predicted octanol–water partition coefficient (Wildman–Crippen LogP) is 0.932. The smallest absolute Gasteiger partial charge is 0.282 e. The van der Waals surface area contributed by atoms with Crippen molar-refractivity contribution in [3.05, 3.63) is 9.47 Å². The van der Waals surface area contributed by atoms with Crippen LogP contribution in [0.4, 0.5) is 0 Å². The molecule has 0 aliphatic carbocycles. The second kappa shape index (κ2) is 5.62. The first-order valence-corrected chi connectivity index (χ1v) is 6.83. The van der Waals surface area contributed by atoms with Gasteiger partial charge in [-0.25, -0.2) is 0 Å². The lowest BCUT2D eigenvalue weighted by Crippen LogP contribution is -2.42. The number of hydrogen-bond donors (Lipinski definition) is 1. The fourth-order valence-electron chi connectivity index (χ4n) is 1.86. The molecule has 1 aliphatic heterocycles. The zero-order valence-corrected chi connectivity index (χ0v) is 11.4. The molecule has 1 saturated heterocycles. The van der Waals surface area contributed by atoms with Gasteiger partial charge in [0.25, 0.3) is 5.91 Å². The third-order valence-corrected chi connectivity index (χ3v) is 3.66. The minimum absolute atomic E-state index is 0.123. The number of halogens is 1. The van der Waals surface area contributed by atoms with Crippen molar-refractivity contribution in [2.75, 3.05) is 13.1 Å². The zero-order chi connectivity index (χ0) is 13.1. The molecule has 1 N–H and O–H groups in total. The molecule has 1 unspecified atom stereocenters. The molecule has 98 valence electrons. The number of likely N-dealkylation sites (tertiary alicyclic amines) is 1. The normalized spacial score (nSPS) is 17.0. The van der Waals surface area contributed by atoms with Crippen molar-refractivity contribution in [1.29, 1.82) is 0 Å². The van der Waals surface area contributed by atoms with Crippen LogP contribution in [-0.2, 0) is 4.79 Å². The first-order chi connectivity index (χ1) is 8.56. The number of rotatable bonds is 4. The highest BCUT2D eigenvalue weighted by atomic mass is 35.5. The van der Waals surface area contributed by atoms with Crippen LogP contribution in [0.1, 0.15) is 29.6 Å². The SMILES string of the molecule is CC(CN1CCCC1=O)NC(=O)c1nnc(Cl)s1. The molecule has 8 heteroatoms. The van der Waals surface area contributed by atoms with E-state index >= 15 is 0 Å². The van der Waals surface area contributed by atoms with E-state index in [4.69, 9.17) is 11.6 Å². The molecular weight excluding hydrogens is 276 g/mol. The van der Waals surface area contributed by atoms with Gasteiger partial charge in [0, 0.05) is 25.6 Å². The van der Waals surface area contributed by atoms with E-state index in [0.29, 0.717) is 13.0 Å². The monoisotopic (exact) mass is 288 g/mol. The summed E-state index contributed by atoms with van der Waals surface area (Å²) in [6.07, 6.45) is 1.50. The highest BCUT2D eigenvalue weighted by Crippen LogP contribution is 2.15. The summed E-state index contributed by atoms with van der Waals surface area (Å²) >= 11 is 6.64. The van der Waals surface area contributed by atoms with Crippen molar-refractivity contribution in [3.63, 3.8) is 0 Å². The topological polar surface area (TPSA) is 75.2 Å². The number of carbonyl (C=O) groups is 2. The molecule has 1 fully saturated rings. The zero-order valence-electron chi connectivity index (χ0n) is 9.85. The third-order valence-electron chi connectivity index (χ3n) is 2.64. The highest BCUT2D eigenvalue weighted by molar-refractivity contribution is 7.17. The van der Waals surface area contributed by atoms with Crippen molar-refractivity contribution in [3.8, 4) is 0 Å². The van der Waals surface area contributed by atoms with Crippen LogP contribution in [0.5, 0.6) is 0 Å². The quantitative estimate of drug-likeness (QED) is 0.894. The number of nitrogens with zero attached hydrogens (tertiary/aromatic N) is 3. The van der Waals surface area contributed by atoms with E-state index in [0.717, 1.165) is 24.3 Å². The molecule has 2 amide bonds. The van der Waals surface area contributed by atoms with Crippen molar-refractivity contribution in [1.82, 2.24) is 20.4 Å². The summed E-state index contributed by atoms with van der Waals surface area (Å²) in [5, 5.41) is 10.2. The Kier molecular flexibility index (Phi) is 4.13. The van der Waals surface area contributed by atoms with E-state index in [1.54, 1.807) is 4.90 Å². The summed E-state index contributed by atoms with van der Waals surface area (Å²) in [7, 11) is 0. The van der Waals surface area contributed by atoms with Crippen molar-refractivity contribution >= 4 is 34.8 Å².